The third kappa shape index (κ3) is 4.08. The lowest BCUT2D eigenvalue weighted by Crippen LogP contribution is -2.50. The highest BCUT2D eigenvalue weighted by atomic mass is 35.5. The Morgan fingerprint density at radius 2 is 1.97 bits per heavy atom. The molecule has 11 heteroatoms. The summed E-state index contributed by atoms with van der Waals surface area (Å²) in [5.74, 6) is -1.02. The predicted molar refractivity (Wildman–Crippen MR) is 127 cm³/mol. The topological polar surface area (TPSA) is 130 Å². The minimum atomic E-state index is -1.02. The number of aliphatic hydroxyl groups excluding tert-OH is 1. The summed E-state index contributed by atoms with van der Waals surface area (Å²) in [7, 11) is 0. The Kier molecular flexibility index (Phi) is 5.86. The number of carbonyl (C=O) groups is 3. The fraction of sp³-hybridized carbons (Fsp3) is 0.292. The maximum Gasteiger partial charge on any atom is 0.323 e. The number of nitrogens with one attached hydrogen (secondary N) is 2. The van der Waals surface area contributed by atoms with Crippen molar-refractivity contribution in [2.24, 2.45) is 17.6 Å². The second kappa shape index (κ2) is 8.86. The van der Waals surface area contributed by atoms with E-state index >= 15 is 0 Å². The number of para-hydroxylation sites is 1. The standard InChI is InChI=1S/C24H23ClFN5O4/c25-16-6-3-5-14(20(16)26)18(11-32)28-22(33)21-15-8-12(15)9-31(21)24(35)29-17-10-30(23(27)34)19-7-2-1-4-13(17)19/h1-7,10,12,15,18,21,32H,8-9,11H2,(H2,27,34)(H,28,33)(H,29,35)/t12-,15-,18+,21-/m0/s1. The van der Waals surface area contributed by atoms with Crippen LogP contribution in [-0.4, -0.2) is 51.7 Å². The van der Waals surface area contributed by atoms with Gasteiger partial charge in [0, 0.05) is 23.7 Å². The van der Waals surface area contributed by atoms with E-state index in [4.69, 9.17) is 17.3 Å². The number of hydrogen-bond acceptors (Lipinski definition) is 4. The Morgan fingerprint density at radius 3 is 2.71 bits per heavy atom. The summed E-state index contributed by atoms with van der Waals surface area (Å²) >= 11 is 5.85. The number of likely N-dealkylation sites (tertiary alicyclic amines) is 1. The molecule has 0 unspecified atom stereocenters. The average molecular weight is 500 g/mol. The van der Waals surface area contributed by atoms with E-state index in [0.717, 1.165) is 6.42 Å². The Labute approximate surface area is 204 Å². The lowest BCUT2D eigenvalue weighted by Gasteiger charge is -2.28. The van der Waals surface area contributed by atoms with Crippen molar-refractivity contribution < 1.29 is 23.9 Å². The third-order valence-corrected chi connectivity index (χ3v) is 7.02. The number of halogens is 2. The Bertz CT molecular complexity index is 1340. The van der Waals surface area contributed by atoms with Crippen molar-refractivity contribution in [3.8, 4) is 0 Å². The van der Waals surface area contributed by atoms with Gasteiger partial charge in [-0.05, 0) is 30.4 Å². The van der Waals surface area contributed by atoms with Gasteiger partial charge < -0.3 is 26.4 Å². The number of hydrogen-bond donors (Lipinski definition) is 4. The number of carbonyl (C=O) groups excluding carboxylic acids is 3. The van der Waals surface area contributed by atoms with E-state index in [9.17, 15) is 23.9 Å². The molecular weight excluding hydrogens is 477 g/mol. The Balaban J connectivity index is 1.36. The Morgan fingerprint density at radius 1 is 1.20 bits per heavy atom. The van der Waals surface area contributed by atoms with E-state index < -0.39 is 42.5 Å². The number of nitrogens with two attached hydrogens (primary N) is 1. The molecule has 1 aliphatic carbocycles. The largest absolute Gasteiger partial charge is 0.394 e. The lowest BCUT2D eigenvalue weighted by molar-refractivity contribution is -0.126. The van der Waals surface area contributed by atoms with Crippen LogP contribution in [0.25, 0.3) is 10.9 Å². The second-order valence-corrected chi connectivity index (χ2v) is 9.25. The minimum absolute atomic E-state index is 0.0173. The van der Waals surface area contributed by atoms with Gasteiger partial charge in [-0.3, -0.25) is 9.36 Å². The van der Waals surface area contributed by atoms with Crippen LogP contribution in [0.3, 0.4) is 0 Å². The van der Waals surface area contributed by atoms with E-state index in [2.05, 4.69) is 10.6 Å². The number of urea groups is 1. The van der Waals surface area contributed by atoms with Gasteiger partial charge in [-0.1, -0.05) is 41.9 Å². The predicted octanol–water partition coefficient (Wildman–Crippen LogP) is 3.06. The average Bonchev–Trinajstić information content (AvgIpc) is 3.34. The van der Waals surface area contributed by atoms with Crippen molar-refractivity contribution in [3.63, 3.8) is 0 Å². The number of anilines is 1. The van der Waals surface area contributed by atoms with Gasteiger partial charge in [-0.25, -0.2) is 14.0 Å². The lowest BCUT2D eigenvalue weighted by atomic mass is 10.1. The van der Waals surface area contributed by atoms with Crippen molar-refractivity contribution in [2.45, 2.75) is 18.5 Å². The monoisotopic (exact) mass is 499 g/mol. The maximum atomic E-state index is 14.5. The van der Waals surface area contributed by atoms with Crippen LogP contribution in [0.15, 0.2) is 48.7 Å². The number of fused-ring (bicyclic) bond motifs is 2. The number of piperidine rings is 1. The molecule has 0 radical (unpaired) electrons. The molecule has 2 fully saturated rings. The highest BCUT2D eigenvalue weighted by molar-refractivity contribution is 6.30. The number of rotatable bonds is 5. The van der Waals surface area contributed by atoms with E-state index in [1.54, 1.807) is 24.3 Å². The van der Waals surface area contributed by atoms with Gasteiger partial charge in [0.15, 0.2) is 0 Å². The molecule has 2 aromatic carbocycles. The van der Waals surface area contributed by atoms with Crippen LogP contribution in [0.2, 0.25) is 5.02 Å². The first-order valence-electron chi connectivity index (χ1n) is 11.1. The first kappa shape index (κ1) is 23.1. The summed E-state index contributed by atoms with van der Waals surface area (Å²) in [6, 6.07) is 8.35. The molecule has 4 amide bonds. The molecule has 2 aliphatic rings. The van der Waals surface area contributed by atoms with Crippen LogP contribution in [0, 0.1) is 17.7 Å². The number of amides is 4. The normalized spacial score (nSPS) is 21.5. The maximum absolute atomic E-state index is 14.5. The zero-order chi connectivity index (χ0) is 24.9. The molecule has 1 saturated heterocycles. The van der Waals surface area contributed by atoms with Gasteiger partial charge in [-0.15, -0.1) is 0 Å². The fourth-order valence-electron chi connectivity index (χ4n) is 4.93. The Hall–Kier alpha value is -3.63. The molecule has 1 aliphatic heterocycles. The van der Waals surface area contributed by atoms with Crippen LogP contribution < -0.4 is 16.4 Å². The summed E-state index contributed by atoms with van der Waals surface area (Å²) in [5.41, 5.74) is 6.45. The molecule has 35 heavy (non-hydrogen) atoms. The number of aromatic nitrogens is 1. The zero-order valence-corrected chi connectivity index (χ0v) is 19.2. The van der Waals surface area contributed by atoms with Gasteiger partial charge in [0.1, 0.15) is 11.9 Å². The minimum Gasteiger partial charge on any atom is -0.394 e. The molecular formula is C24H23ClFN5O4. The van der Waals surface area contributed by atoms with Crippen LogP contribution in [-0.2, 0) is 4.79 Å². The van der Waals surface area contributed by atoms with Crippen molar-refractivity contribution >= 4 is 46.2 Å². The smallest absolute Gasteiger partial charge is 0.323 e. The first-order valence-corrected chi connectivity index (χ1v) is 11.5. The van der Waals surface area contributed by atoms with Crippen molar-refractivity contribution in [1.82, 2.24) is 14.8 Å². The number of primary amides is 1. The summed E-state index contributed by atoms with van der Waals surface area (Å²) in [6.45, 7) is -0.152. The highest BCUT2D eigenvalue weighted by Gasteiger charge is 2.57. The van der Waals surface area contributed by atoms with Crippen LogP contribution in [0.4, 0.5) is 19.7 Å². The van der Waals surface area contributed by atoms with Gasteiger partial charge in [0.05, 0.1) is 28.9 Å². The third-order valence-electron chi connectivity index (χ3n) is 6.73. The molecule has 0 bridgehead atoms. The first-order chi connectivity index (χ1) is 16.8. The van der Waals surface area contributed by atoms with Gasteiger partial charge in [-0.2, -0.15) is 0 Å². The van der Waals surface area contributed by atoms with Crippen molar-refractivity contribution in [2.75, 3.05) is 18.5 Å². The van der Waals surface area contributed by atoms with E-state index in [1.165, 1.54) is 33.9 Å². The van der Waals surface area contributed by atoms with Crippen LogP contribution in [0.5, 0.6) is 0 Å². The second-order valence-electron chi connectivity index (χ2n) is 8.84. The van der Waals surface area contributed by atoms with E-state index in [-0.39, 0.29) is 22.4 Å². The summed E-state index contributed by atoms with van der Waals surface area (Å²) in [6.07, 6.45) is 2.25. The summed E-state index contributed by atoms with van der Waals surface area (Å²) in [4.78, 5) is 39.7. The highest BCUT2D eigenvalue weighted by Crippen LogP contribution is 2.50. The number of aliphatic hydroxyl groups is 1. The molecule has 2 heterocycles. The van der Waals surface area contributed by atoms with Gasteiger partial charge in [0.2, 0.25) is 5.91 Å². The van der Waals surface area contributed by atoms with E-state index in [0.29, 0.717) is 23.1 Å². The molecule has 182 valence electrons. The van der Waals surface area contributed by atoms with E-state index in [1.807, 2.05) is 0 Å². The van der Waals surface area contributed by atoms with Crippen molar-refractivity contribution in [1.29, 1.82) is 0 Å². The van der Waals surface area contributed by atoms with Gasteiger partial charge in [0.25, 0.3) is 0 Å². The van der Waals surface area contributed by atoms with Crippen molar-refractivity contribution in [3.05, 3.63) is 65.1 Å². The molecule has 5 N–H and O–H groups in total. The fourth-order valence-corrected chi connectivity index (χ4v) is 5.11. The number of nitrogens with zero attached hydrogens (tertiary/aromatic N) is 2. The zero-order valence-electron chi connectivity index (χ0n) is 18.4. The molecule has 0 spiro atoms. The molecule has 3 aromatic rings. The van der Waals surface area contributed by atoms with Crippen LogP contribution >= 0.6 is 11.6 Å². The molecule has 9 nitrogen and oxygen atoms in total. The quantitative estimate of drug-likeness (QED) is 0.430. The molecule has 1 aromatic heterocycles. The summed E-state index contributed by atoms with van der Waals surface area (Å²) < 4.78 is 15.7. The molecule has 4 atom stereocenters. The summed E-state index contributed by atoms with van der Waals surface area (Å²) in [5, 5.41) is 15.8. The van der Waals surface area contributed by atoms with Crippen LogP contribution in [0.1, 0.15) is 18.0 Å². The number of benzene rings is 2. The molecule has 1 saturated carbocycles. The SMILES string of the molecule is NC(=O)n1cc(NC(=O)N2C[C@@H]3C[C@@H]3[C@H]2C(=O)N[C@H](CO)c2cccc(Cl)c2F)c2ccccc21. The van der Waals surface area contributed by atoms with Gasteiger partial charge >= 0.3 is 12.1 Å². The molecule has 5 rings (SSSR count).